The van der Waals surface area contributed by atoms with Crippen molar-refractivity contribution in [3.63, 3.8) is 0 Å². The van der Waals surface area contributed by atoms with E-state index in [2.05, 4.69) is 0 Å². The zero-order valence-electron chi connectivity index (χ0n) is 13.4. The molecule has 0 heterocycles. The van der Waals surface area contributed by atoms with Crippen LogP contribution < -0.4 is 5.11 Å². The minimum absolute atomic E-state index is 0.0432. The van der Waals surface area contributed by atoms with E-state index in [4.69, 9.17) is 16.6 Å². The van der Waals surface area contributed by atoms with Crippen LogP contribution in [0.2, 0.25) is 0 Å². The summed E-state index contributed by atoms with van der Waals surface area (Å²) in [4.78, 5) is 0. The van der Waals surface area contributed by atoms with Crippen LogP contribution in [0, 0.1) is 0 Å². The zero-order valence-corrected chi connectivity index (χ0v) is 14.3. The number of hydrogen-bond donors (Lipinski definition) is 0. The molecule has 5 heteroatoms. The van der Waals surface area contributed by atoms with E-state index < -0.39 is 7.59 Å². The predicted octanol–water partition coefficient (Wildman–Crippen LogP) is 3.77. The highest BCUT2D eigenvalue weighted by Crippen LogP contribution is 2.69. The van der Waals surface area contributed by atoms with Crippen molar-refractivity contribution in [3.8, 4) is 0 Å². The SMILES string of the molecule is [B][P+](OC(C)C)(OC(C)C)C(C=C(C)[O-])c1ccccc1. The number of allylic oxidation sites excluding steroid dienone is 2. The fraction of sp³-hybridized carbons (Fsp3) is 0.500. The van der Waals surface area contributed by atoms with E-state index in [9.17, 15) is 5.11 Å². The number of rotatable bonds is 7. The molecule has 0 fully saturated rings. The molecule has 1 unspecified atom stereocenters. The maximum absolute atomic E-state index is 11.6. The molecule has 1 aromatic rings. The average molecular weight is 306 g/mol. The summed E-state index contributed by atoms with van der Waals surface area (Å²) in [5.41, 5.74) is 0.575. The van der Waals surface area contributed by atoms with Gasteiger partial charge in [0.1, 0.15) is 5.66 Å². The van der Waals surface area contributed by atoms with E-state index >= 15 is 0 Å². The molecule has 3 nitrogen and oxygen atoms in total. The van der Waals surface area contributed by atoms with Crippen molar-refractivity contribution >= 4 is 15.2 Å². The van der Waals surface area contributed by atoms with E-state index in [1.165, 1.54) is 6.92 Å². The Bertz CT molecular complexity index is 446. The van der Waals surface area contributed by atoms with Crippen molar-refractivity contribution in [2.24, 2.45) is 0 Å². The molecule has 0 saturated carbocycles. The van der Waals surface area contributed by atoms with Gasteiger partial charge in [0.05, 0.1) is 12.2 Å². The van der Waals surface area contributed by atoms with Gasteiger partial charge in [-0.15, -0.1) is 5.76 Å². The van der Waals surface area contributed by atoms with Gasteiger partial charge in [0.2, 0.25) is 7.59 Å². The summed E-state index contributed by atoms with van der Waals surface area (Å²) < 4.78 is 11.9. The summed E-state index contributed by atoms with van der Waals surface area (Å²) >= 11 is 0. The summed E-state index contributed by atoms with van der Waals surface area (Å²) in [6, 6.07) is 9.66. The third kappa shape index (κ3) is 5.82. The molecule has 1 rings (SSSR count). The molecule has 0 aromatic heterocycles. The van der Waals surface area contributed by atoms with Crippen molar-refractivity contribution in [1.82, 2.24) is 0 Å². The highest BCUT2D eigenvalue weighted by Gasteiger charge is 2.47. The van der Waals surface area contributed by atoms with Crippen LogP contribution in [0.25, 0.3) is 0 Å². The largest absolute Gasteiger partial charge is 0.876 e. The fourth-order valence-corrected chi connectivity index (χ4v) is 4.73. The Morgan fingerprint density at radius 2 is 1.57 bits per heavy atom. The van der Waals surface area contributed by atoms with Gasteiger partial charge in [0, 0.05) is 0 Å². The number of benzene rings is 1. The van der Waals surface area contributed by atoms with Crippen LogP contribution >= 0.6 is 7.59 Å². The molecule has 114 valence electrons. The maximum atomic E-state index is 11.6. The zero-order chi connectivity index (χ0) is 16.0. The van der Waals surface area contributed by atoms with E-state index in [-0.39, 0.29) is 23.6 Å². The van der Waals surface area contributed by atoms with Gasteiger partial charge in [-0.2, -0.15) is 0 Å². The number of hydrogen-bond acceptors (Lipinski definition) is 3. The summed E-state index contributed by atoms with van der Waals surface area (Å²) in [5, 5.41) is 11.6. The van der Waals surface area contributed by atoms with E-state index in [0.29, 0.717) is 0 Å². The van der Waals surface area contributed by atoms with Crippen LogP contribution in [0.15, 0.2) is 42.2 Å². The summed E-state index contributed by atoms with van der Waals surface area (Å²) in [6.07, 6.45) is 1.45. The van der Waals surface area contributed by atoms with Gasteiger partial charge in [-0.25, -0.2) is 9.05 Å². The molecule has 0 aliphatic heterocycles. The van der Waals surface area contributed by atoms with E-state index in [1.807, 2.05) is 58.0 Å². The average Bonchev–Trinajstić information content (AvgIpc) is 2.34. The third-order valence-corrected chi connectivity index (χ3v) is 5.40. The topological polar surface area (TPSA) is 41.5 Å². The third-order valence-electron chi connectivity index (χ3n) is 2.67. The molecule has 21 heavy (non-hydrogen) atoms. The van der Waals surface area contributed by atoms with E-state index in [1.54, 1.807) is 6.08 Å². The van der Waals surface area contributed by atoms with E-state index in [0.717, 1.165) is 5.56 Å². The van der Waals surface area contributed by atoms with Gasteiger partial charge in [-0.1, -0.05) is 37.3 Å². The van der Waals surface area contributed by atoms with Crippen LogP contribution in [0.1, 0.15) is 45.8 Å². The first-order chi connectivity index (χ1) is 9.74. The molecule has 0 aliphatic rings. The van der Waals surface area contributed by atoms with Crippen LogP contribution in [0.3, 0.4) is 0 Å². The van der Waals surface area contributed by atoms with Crippen molar-refractivity contribution < 1.29 is 14.2 Å². The van der Waals surface area contributed by atoms with Gasteiger partial charge in [0.15, 0.2) is 0 Å². The van der Waals surface area contributed by atoms with Crippen molar-refractivity contribution in [2.75, 3.05) is 0 Å². The normalized spacial score (nSPS) is 14.7. The molecule has 1 aromatic carbocycles. The second kappa shape index (κ2) is 7.98. The second-order valence-electron chi connectivity index (χ2n) is 5.59. The predicted molar refractivity (Wildman–Crippen MR) is 88.1 cm³/mol. The molecule has 0 aliphatic carbocycles. The van der Waals surface area contributed by atoms with Crippen LogP contribution in [-0.2, 0) is 9.05 Å². The lowest BCUT2D eigenvalue weighted by Gasteiger charge is -2.31. The van der Waals surface area contributed by atoms with Gasteiger partial charge in [-0.05, 0) is 39.3 Å². The minimum atomic E-state index is -2.74. The Hall–Kier alpha value is -0.825. The Labute approximate surface area is 130 Å². The van der Waals surface area contributed by atoms with Crippen molar-refractivity contribution in [1.29, 1.82) is 0 Å². The molecule has 0 amide bonds. The van der Waals surface area contributed by atoms with Crippen LogP contribution in [-0.4, -0.2) is 19.8 Å². The molecular weight excluding hydrogens is 282 g/mol. The molecule has 2 radical (unpaired) electrons. The second-order valence-corrected chi connectivity index (χ2v) is 7.85. The molecule has 1 atom stereocenters. The Kier molecular flexibility index (Phi) is 6.92. The molecule has 0 bridgehead atoms. The smallest absolute Gasteiger partial charge is 0.445 e. The highest BCUT2D eigenvalue weighted by atomic mass is 31.2. The quantitative estimate of drug-likeness (QED) is 0.437. The summed E-state index contributed by atoms with van der Waals surface area (Å²) in [6.45, 7) is 9.19. The monoisotopic (exact) mass is 306 g/mol. The van der Waals surface area contributed by atoms with Gasteiger partial charge >= 0.3 is 7.57 Å². The Morgan fingerprint density at radius 3 is 1.95 bits per heavy atom. The van der Waals surface area contributed by atoms with Crippen molar-refractivity contribution in [2.45, 2.75) is 52.5 Å². The lowest BCUT2D eigenvalue weighted by molar-refractivity contribution is -0.302. The standard InChI is InChI=1S/C16H25BO3P/c1-12(2)19-21(17,20-13(3)4)16(11-14(5)18)15-9-7-6-8-10-15/h6-13,16,18H,1-5H3/q+1/p-1. The Morgan fingerprint density at radius 1 is 1.10 bits per heavy atom. The summed E-state index contributed by atoms with van der Waals surface area (Å²) in [5.74, 6) is -0.0432. The van der Waals surface area contributed by atoms with Crippen molar-refractivity contribution in [3.05, 3.63) is 47.7 Å². The molecule has 0 saturated heterocycles. The first kappa shape index (κ1) is 18.2. The van der Waals surface area contributed by atoms with Gasteiger partial charge in [-0.3, -0.25) is 0 Å². The first-order valence-corrected chi connectivity index (χ1v) is 8.95. The fourth-order valence-electron chi connectivity index (χ4n) is 2.10. The van der Waals surface area contributed by atoms with Crippen LogP contribution in [0.5, 0.6) is 0 Å². The first-order valence-electron chi connectivity index (χ1n) is 7.19. The molecule has 0 spiro atoms. The maximum Gasteiger partial charge on any atom is 0.445 e. The molecule has 0 N–H and O–H groups in total. The summed E-state index contributed by atoms with van der Waals surface area (Å²) in [7, 11) is 3.76. The lowest BCUT2D eigenvalue weighted by Crippen LogP contribution is -2.19. The Balaban J connectivity index is 3.26. The minimum Gasteiger partial charge on any atom is -0.876 e. The van der Waals surface area contributed by atoms with Gasteiger partial charge < -0.3 is 5.11 Å². The highest BCUT2D eigenvalue weighted by molar-refractivity contribution is 7.90. The van der Waals surface area contributed by atoms with Crippen LogP contribution in [0.4, 0.5) is 0 Å². The lowest BCUT2D eigenvalue weighted by atomic mass is 10.1. The van der Waals surface area contributed by atoms with Gasteiger partial charge in [0.25, 0.3) is 0 Å². The molecular formula is C16H24BO3P.